The summed E-state index contributed by atoms with van der Waals surface area (Å²) in [6.45, 7) is 3.17. The van der Waals surface area contributed by atoms with Crippen molar-refractivity contribution in [2.45, 2.75) is 71.1 Å². The van der Waals surface area contributed by atoms with Gasteiger partial charge >= 0.3 is 29.6 Å². The van der Waals surface area contributed by atoms with Crippen LogP contribution in [0.15, 0.2) is 0 Å². The molecule has 0 N–H and O–H groups in total. The van der Waals surface area contributed by atoms with Gasteiger partial charge in [0.15, 0.2) is 0 Å². The van der Waals surface area contributed by atoms with E-state index in [9.17, 15) is 9.90 Å². The summed E-state index contributed by atoms with van der Waals surface area (Å²) in [5.41, 5.74) is 0. The van der Waals surface area contributed by atoms with E-state index in [1.54, 1.807) is 0 Å². The summed E-state index contributed by atoms with van der Waals surface area (Å²) in [5.74, 6) is -0.982. The van der Waals surface area contributed by atoms with Crippen LogP contribution in [0, 0.1) is 0 Å². The van der Waals surface area contributed by atoms with E-state index in [0.29, 0.717) is 0 Å². The van der Waals surface area contributed by atoms with Crippen molar-refractivity contribution in [2.24, 2.45) is 0 Å². The van der Waals surface area contributed by atoms with Gasteiger partial charge in [0.1, 0.15) is 0 Å². The molecule has 0 aliphatic carbocycles. The fourth-order valence-corrected chi connectivity index (χ4v) is 2.17. The van der Waals surface area contributed by atoms with Gasteiger partial charge in [-0.05, 0) is 20.0 Å². The van der Waals surface area contributed by atoms with Crippen molar-refractivity contribution in [3.63, 3.8) is 0 Å². The van der Waals surface area contributed by atoms with Crippen LogP contribution in [-0.4, -0.2) is 31.0 Å². The van der Waals surface area contributed by atoms with Gasteiger partial charge in [0.05, 0.1) is 5.97 Å². The van der Waals surface area contributed by atoms with Crippen LogP contribution < -0.4 is 34.7 Å². The maximum atomic E-state index is 10.3. The van der Waals surface area contributed by atoms with Gasteiger partial charge < -0.3 is 14.8 Å². The summed E-state index contributed by atoms with van der Waals surface area (Å²) < 4.78 is 0. The van der Waals surface area contributed by atoms with Gasteiger partial charge in [0, 0.05) is 6.54 Å². The number of carbonyl (C=O) groups is 1. The van der Waals surface area contributed by atoms with E-state index in [0.717, 1.165) is 13.0 Å². The van der Waals surface area contributed by atoms with E-state index in [4.69, 9.17) is 0 Å². The second-order valence-electron chi connectivity index (χ2n) is 5.29. The first-order valence-corrected chi connectivity index (χ1v) is 7.55. The molecule has 4 heteroatoms. The number of likely N-dealkylation sites (N-methyl/N-ethyl adjacent to an activating group) is 1. The molecule has 0 aromatic rings. The maximum absolute atomic E-state index is 10.3. The Bertz CT molecular complexity index is 201. The molecule has 0 aliphatic heterocycles. The van der Waals surface area contributed by atoms with E-state index in [1.165, 1.54) is 57.8 Å². The number of rotatable bonds is 13. The SMILES string of the molecule is CCCCCCCCCCCCN(C)CC(=O)[O-].[Na+]. The predicted molar refractivity (Wildman–Crippen MR) is 74.3 cm³/mol. The Kier molecular flexibility index (Phi) is 18.8. The van der Waals surface area contributed by atoms with Crippen molar-refractivity contribution in [2.75, 3.05) is 20.1 Å². The molecule has 0 fully saturated rings. The molecule has 0 heterocycles. The van der Waals surface area contributed by atoms with Crippen molar-refractivity contribution in [3.05, 3.63) is 0 Å². The Morgan fingerprint density at radius 3 is 1.74 bits per heavy atom. The third-order valence-corrected chi connectivity index (χ3v) is 3.29. The van der Waals surface area contributed by atoms with Gasteiger partial charge in [0.2, 0.25) is 0 Å². The van der Waals surface area contributed by atoms with E-state index >= 15 is 0 Å². The Morgan fingerprint density at radius 1 is 0.895 bits per heavy atom. The molecule has 0 aromatic heterocycles. The molecule has 0 atom stereocenters. The Morgan fingerprint density at radius 2 is 1.32 bits per heavy atom. The fourth-order valence-electron chi connectivity index (χ4n) is 2.17. The summed E-state index contributed by atoms with van der Waals surface area (Å²) in [6, 6.07) is 0. The van der Waals surface area contributed by atoms with Crippen molar-refractivity contribution in [1.82, 2.24) is 4.90 Å². The summed E-state index contributed by atoms with van der Waals surface area (Å²) >= 11 is 0. The number of hydrogen-bond donors (Lipinski definition) is 0. The average Bonchev–Trinajstić information content (AvgIpc) is 2.30. The number of unbranched alkanes of at least 4 members (excludes halogenated alkanes) is 9. The Hall–Kier alpha value is 0.430. The van der Waals surface area contributed by atoms with Crippen LogP contribution >= 0.6 is 0 Å². The molecule has 0 spiro atoms. The molecule has 0 aliphatic rings. The first kappa shape index (κ1) is 21.7. The van der Waals surface area contributed by atoms with Gasteiger partial charge in [0.25, 0.3) is 0 Å². The van der Waals surface area contributed by atoms with Crippen molar-refractivity contribution in [3.8, 4) is 0 Å². The van der Waals surface area contributed by atoms with E-state index in [1.807, 2.05) is 11.9 Å². The zero-order valence-corrected chi connectivity index (χ0v) is 15.2. The molecule has 108 valence electrons. The maximum Gasteiger partial charge on any atom is 1.00 e. The largest absolute Gasteiger partial charge is 1.00 e. The Balaban J connectivity index is 0. The molecule has 0 saturated heterocycles. The number of hydrogen-bond acceptors (Lipinski definition) is 3. The standard InChI is InChI=1S/C15H31NO2.Na/c1-3-4-5-6-7-8-9-10-11-12-13-16(2)14-15(17)18;/h3-14H2,1-2H3,(H,17,18);/q;+1/p-1. The molecule has 0 unspecified atom stereocenters. The van der Waals surface area contributed by atoms with Crippen LogP contribution in [0.25, 0.3) is 0 Å². The molecular formula is C15H30NNaO2. The second-order valence-corrected chi connectivity index (χ2v) is 5.29. The minimum atomic E-state index is -0.982. The first-order chi connectivity index (χ1) is 8.66. The van der Waals surface area contributed by atoms with Crippen LogP contribution in [0.2, 0.25) is 0 Å². The van der Waals surface area contributed by atoms with Crippen molar-refractivity contribution < 1.29 is 39.5 Å². The molecule has 0 aromatic carbocycles. The molecule has 0 amide bonds. The molecule has 0 radical (unpaired) electrons. The molecule has 0 saturated carbocycles. The van der Waals surface area contributed by atoms with E-state index < -0.39 is 5.97 Å². The smallest absolute Gasteiger partial charge is 0.549 e. The quantitative estimate of drug-likeness (QED) is 0.340. The minimum absolute atomic E-state index is 0. The van der Waals surface area contributed by atoms with E-state index in [-0.39, 0.29) is 36.1 Å². The first-order valence-electron chi connectivity index (χ1n) is 7.55. The molecular weight excluding hydrogens is 249 g/mol. The monoisotopic (exact) mass is 279 g/mol. The second kappa shape index (κ2) is 16.5. The van der Waals surface area contributed by atoms with Crippen LogP contribution in [-0.2, 0) is 4.79 Å². The van der Waals surface area contributed by atoms with Crippen molar-refractivity contribution in [1.29, 1.82) is 0 Å². The summed E-state index contributed by atoms with van der Waals surface area (Å²) in [6.07, 6.45) is 13.1. The third-order valence-electron chi connectivity index (χ3n) is 3.29. The van der Waals surface area contributed by atoms with Crippen LogP contribution in [0.5, 0.6) is 0 Å². The van der Waals surface area contributed by atoms with Gasteiger partial charge in [-0.25, -0.2) is 0 Å². The zero-order valence-electron chi connectivity index (χ0n) is 13.2. The number of carboxylic acid groups (broad SMARTS) is 1. The summed E-state index contributed by atoms with van der Waals surface area (Å²) in [4.78, 5) is 12.2. The molecule has 0 rings (SSSR count). The number of carboxylic acids is 1. The van der Waals surface area contributed by atoms with Gasteiger partial charge in [-0.3, -0.25) is 0 Å². The van der Waals surface area contributed by atoms with Gasteiger partial charge in [-0.2, -0.15) is 0 Å². The summed E-state index contributed by atoms with van der Waals surface area (Å²) in [5, 5.41) is 10.3. The van der Waals surface area contributed by atoms with Crippen LogP contribution in [0.3, 0.4) is 0 Å². The van der Waals surface area contributed by atoms with Crippen molar-refractivity contribution >= 4 is 5.97 Å². The topological polar surface area (TPSA) is 43.4 Å². The van der Waals surface area contributed by atoms with Crippen LogP contribution in [0.1, 0.15) is 71.1 Å². The van der Waals surface area contributed by atoms with Gasteiger partial charge in [-0.1, -0.05) is 64.7 Å². The van der Waals surface area contributed by atoms with E-state index in [2.05, 4.69) is 6.92 Å². The zero-order chi connectivity index (χ0) is 13.6. The molecule has 3 nitrogen and oxygen atoms in total. The number of carbonyl (C=O) groups excluding carboxylic acids is 1. The summed E-state index contributed by atoms with van der Waals surface area (Å²) in [7, 11) is 1.84. The molecule has 0 bridgehead atoms. The number of nitrogens with zero attached hydrogens (tertiary/aromatic N) is 1. The minimum Gasteiger partial charge on any atom is -0.549 e. The Labute approximate surface area is 141 Å². The third kappa shape index (κ3) is 18.4. The number of aliphatic carboxylic acids is 1. The van der Waals surface area contributed by atoms with Gasteiger partial charge in [-0.15, -0.1) is 0 Å². The van der Waals surface area contributed by atoms with Crippen LogP contribution in [0.4, 0.5) is 0 Å². The normalized spacial score (nSPS) is 10.5. The fraction of sp³-hybridized carbons (Fsp3) is 0.933. The predicted octanol–water partition coefficient (Wildman–Crippen LogP) is -0.407. The molecule has 19 heavy (non-hydrogen) atoms. The average molecular weight is 279 g/mol.